The number of para-hydroxylation sites is 1. The average Bonchev–Trinajstić information content (AvgIpc) is 3.02. The zero-order chi connectivity index (χ0) is 17.0. The van der Waals surface area contributed by atoms with Crippen molar-refractivity contribution in [3.63, 3.8) is 0 Å². The number of nitrogens with zero attached hydrogens (tertiary/aromatic N) is 3. The van der Waals surface area contributed by atoms with Crippen molar-refractivity contribution in [2.24, 2.45) is 11.3 Å². The quantitative estimate of drug-likeness (QED) is 0.854. The molecule has 0 fully saturated rings. The van der Waals surface area contributed by atoms with E-state index in [1.807, 2.05) is 58.0 Å². The minimum absolute atomic E-state index is 0.115. The van der Waals surface area contributed by atoms with E-state index in [-0.39, 0.29) is 17.6 Å². The van der Waals surface area contributed by atoms with Gasteiger partial charge in [0.1, 0.15) is 6.33 Å². The lowest BCUT2D eigenvalue weighted by Gasteiger charge is -2.33. The summed E-state index contributed by atoms with van der Waals surface area (Å²) in [5.74, 6) is -0.107. The van der Waals surface area contributed by atoms with Crippen LogP contribution in [0.3, 0.4) is 0 Å². The predicted molar refractivity (Wildman–Crippen MR) is 88.3 cm³/mol. The highest BCUT2D eigenvalue weighted by atomic mass is 16.3. The minimum Gasteiger partial charge on any atom is -0.392 e. The van der Waals surface area contributed by atoms with Gasteiger partial charge in [-0.2, -0.15) is 0 Å². The molecular formula is C17H24N4O2. The Balaban J connectivity index is 2.01. The molecule has 2 rings (SSSR count). The molecule has 0 aliphatic heterocycles. The highest BCUT2D eigenvalue weighted by molar-refractivity contribution is 5.90. The molecule has 2 N–H and O–H groups in total. The van der Waals surface area contributed by atoms with Gasteiger partial charge in [0.15, 0.2) is 0 Å². The number of carbonyl (C=O) groups is 1. The van der Waals surface area contributed by atoms with Crippen molar-refractivity contribution in [3.05, 3.63) is 42.5 Å². The zero-order valence-corrected chi connectivity index (χ0v) is 14.0. The molecule has 0 aliphatic carbocycles. The van der Waals surface area contributed by atoms with Crippen molar-refractivity contribution in [1.82, 2.24) is 20.1 Å². The van der Waals surface area contributed by atoms with E-state index < -0.39 is 11.5 Å². The zero-order valence-electron chi connectivity index (χ0n) is 14.0. The second-order valence-electron chi connectivity index (χ2n) is 6.71. The standard InChI is InChI=1S/C17H24N4O2/c1-12(2)14(22)17(3,4)10-18-16(23)15-19-11-21(20-15)13-8-6-5-7-9-13/h5-9,11-12,14,22H,10H2,1-4H3,(H,18,23). The largest absolute Gasteiger partial charge is 0.392 e. The Morgan fingerprint density at radius 1 is 1.30 bits per heavy atom. The van der Waals surface area contributed by atoms with Gasteiger partial charge in [0.25, 0.3) is 5.91 Å². The van der Waals surface area contributed by atoms with Crippen LogP contribution in [0.15, 0.2) is 36.7 Å². The van der Waals surface area contributed by atoms with Crippen molar-refractivity contribution in [2.75, 3.05) is 6.54 Å². The molecule has 0 aliphatic rings. The van der Waals surface area contributed by atoms with E-state index in [9.17, 15) is 9.90 Å². The molecule has 1 aromatic heterocycles. The van der Waals surface area contributed by atoms with Gasteiger partial charge in [-0.1, -0.05) is 45.9 Å². The average molecular weight is 316 g/mol. The van der Waals surface area contributed by atoms with Crippen LogP contribution < -0.4 is 5.32 Å². The number of aromatic nitrogens is 3. The number of aliphatic hydroxyl groups is 1. The summed E-state index contributed by atoms with van der Waals surface area (Å²) in [6.07, 6.45) is 1.01. The van der Waals surface area contributed by atoms with Gasteiger partial charge >= 0.3 is 0 Å². The normalized spacial score (nSPS) is 13.1. The first-order valence-corrected chi connectivity index (χ1v) is 7.74. The van der Waals surface area contributed by atoms with Crippen molar-refractivity contribution in [2.45, 2.75) is 33.8 Å². The molecule has 124 valence electrons. The van der Waals surface area contributed by atoms with Crippen LogP contribution in [0, 0.1) is 11.3 Å². The Kier molecular flexibility index (Phi) is 5.15. The van der Waals surface area contributed by atoms with Crippen molar-refractivity contribution < 1.29 is 9.90 Å². The fourth-order valence-electron chi connectivity index (χ4n) is 2.47. The predicted octanol–water partition coefficient (Wildman–Crippen LogP) is 2.04. The Labute approximate surface area is 136 Å². The second kappa shape index (κ2) is 6.91. The number of carbonyl (C=O) groups excluding carboxylic acids is 1. The number of hydrogen-bond donors (Lipinski definition) is 2. The van der Waals surface area contributed by atoms with Crippen LogP contribution in [-0.4, -0.2) is 38.4 Å². The summed E-state index contributed by atoms with van der Waals surface area (Å²) in [6, 6.07) is 9.48. The van der Waals surface area contributed by atoms with Gasteiger partial charge in [0, 0.05) is 12.0 Å². The van der Waals surface area contributed by atoms with Gasteiger partial charge in [-0.3, -0.25) is 4.79 Å². The van der Waals surface area contributed by atoms with Gasteiger partial charge in [-0.15, -0.1) is 5.10 Å². The lowest BCUT2D eigenvalue weighted by molar-refractivity contribution is 0.0137. The van der Waals surface area contributed by atoms with Crippen LogP contribution in [-0.2, 0) is 0 Å². The lowest BCUT2D eigenvalue weighted by atomic mass is 9.81. The molecule has 2 aromatic rings. The van der Waals surface area contributed by atoms with Crippen molar-refractivity contribution in [1.29, 1.82) is 0 Å². The Morgan fingerprint density at radius 3 is 2.57 bits per heavy atom. The van der Waals surface area contributed by atoms with Crippen LogP contribution in [0.1, 0.15) is 38.3 Å². The van der Waals surface area contributed by atoms with Crippen LogP contribution in [0.4, 0.5) is 0 Å². The topological polar surface area (TPSA) is 80.0 Å². The second-order valence-corrected chi connectivity index (χ2v) is 6.71. The summed E-state index contributed by atoms with van der Waals surface area (Å²) in [6.45, 7) is 8.11. The van der Waals surface area contributed by atoms with Crippen molar-refractivity contribution in [3.8, 4) is 5.69 Å². The Morgan fingerprint density at radius 2 is 1.96 bits per heavy atom. The molecule has 1 amide bonds. The maximum atomic E-state index is 12.2. The van der Waals surface area contributed by atoms with Crippen LogP contribution in [0.5, 0.6) is 0 Å². The van der Waals surface area contributed by atoms with Gasteiger partial charge in [-0.25, -0.2) is 9.67 Å². The molecule has 0 saturated heterocycles. The molecule has 1 aromatic carbocycles. The lowest BCUT2D eigenvalue weighted by Crippen LogP contribution is -2.43. The Bertz CT molecular complexity index is 650. The minimum atomic E-state index is -0.502. The third-order valence-electron chi connectivity index (χ3n) is 3.85. The Hall–Kier alpha value is -2.21. The van der Waals surface area contributed by atoms with E-state index in [0.29, 0.717) is 6.54 Å². The van der Waals surface area contributed by atoms with Gasteiger partial charge in [0.05, 0.1) is 11.8 Å². The van der Waals surface area contributed by atoms with E-state index in [2.05, 4.69) is 15.4 Å². The molecular weight excluding hydrogens is 292 g/mol. The van der Waals surface area contributed by atoms with E-state index in [0.717, 1.165) is 5.69 Å². The molecule has 1 heterocycles. The van der Waals surface area contributed by atoms with Crippen molar-refractivity contribution >= 4 is 5.91 Å². The number of hydrogen-bond acceptors (Lipinski definition) is 4. The number of nitrogens with one attached hydrogen (secondary N) is 1. The molecule has 1 unspecified atom stereocenters. The molecule has 23 heavy (non-hydrogen) atoms. The summed E-state index contributed by atoms with van der Waals surface area (Å²) < 4.78 is 1.56. The maximum Gasteiger partial charge on any atom is 0.290 e. The SMILES string of the molecule is CC(C)C(O)C(C)(C)CNC(=O)c1ncn(-c2ccccc2)n1. The first-order valence-electron chi connectivity index (χ1n) is 7.74. The third kappa shape index (κ3) is 4.16. The van der Waals surface area contributed by atoms with Gasteiger partial charge in [0.2, 0.25) is 5.82 Å². The summed E-state index contributed by atoms with van der Waals surface area (Å²) >= 11 is 0. The maximum absolute atomic E-state index is 12.2. The number of aliphatic hydroxyl groups excluding tert-OH is 1. The summed E-state index contributed by atoms with van der Waals surface area (Å²) in [5.41, 5.74) is 0.417. The molecule has 0 bridgehead atoms. The van der Waals surface area contributed by atoms with Gasteiger partial charge in [-0.05, 0) is 18.1 Å². The molecule has 0 saturated carbocycles. The molecule has 6 nitrogen and oxygen atoms in total. The third-order valence-corrected chi connectivity index (χ3v) is 3.85. The number of amides is 1. The van der Waals surface area contributed by atoms with Gasteiger partial charge < -0.3 is 10.4 Å². The number of benzene rings is 1. The molecule has 0 radical (unpaired) electrons. The monoisotopic (exact) mass is 316 g/mol. The first kappa shape index (κ1) is 17.1. The fourth-order valence-corrected chi connectivity index (χ4v) is 2.47. The van der Waals surface area contributed by atoms with E-state index >= 15 is 0 Å². The molecule has 1 atom stereocenters. The van der Waals surface area contributed by atoms with E-state index in [1.54, 1.807) is 4.68 Å². The summed E-state index contributed by atoms with van der Waals surface area (Å²) in [7, 11) is 0. The van der Waals surface area contributed by atoms with Crippen LogP contribution in [0.25, 0.3) is 5.69 Å². The summed E-state index contributed by atoms with van der Waals surface area (Å²) in [4.78, 5) is 16.2. The first-order chi connectivity index (χ1) is 10.8. The molecule has 0 spiro atoms. The summed E-state index contributed by atoms with van der Waals surface area (Å²) in [5, 5.41) is 17.2. The highest BCUT2D eigenvalue weighted by Gasteiger charge is 2.31. The smallest absolute Gasteiger partial charge is 0.290 e. The van der Waals surface area contributed by atoms with Crippen LogP contribution in [0.2, 0.25) is 0 Å². The fraction of sp³-hybridized carbons (Fsp3) is 0.471. The highest BCUT2D eigenvalue weighted by Crippen LogP contribution is 2.25. The van der Waals surface area contributed by atoms with Crippen LogP contribution >= 0.6 is 0 Å². The molecule has 6 heteroatoms. The van der Waals surface area contributed by atoms with E-state index in [1.165, 1.54) is 6.33 Å². The van der Waals surface area contributed by atoms with E-state index in [4.69, 9.17) is 0 Å². The number of rotatable bonds is 6.